The molecule has 2 N–H and O–H groups in total. The molecule has 0 spiro atoms. The molecule has 0 fully saturated rings. The molecule has 1 aromatic rings. The molecule has 0 radical (unpaired) electrons. The molecule has 1 rings (SSSR count). The Morgan fingerprint density at radius 2 is 1.75 bits per heavy atom. The highest BCUT2D eigenvalue weighted by Gasteiger charge is 2.29. The van der Waals surface area contributed by atoms with Crippen molar-refractivity contribution in [3.8, 4) is 0 Å². The lowest BCUT2D eigenvalue weighted by atomic mass is 9.96. The molecule has 1 atom stereocenters. The monoisotopic (exact) mass is 277 g/mol. The van der Waals surface area contributed by atoms with Crippen LogP contribution in [-0.4, -0.2) is 37.5 Å². The van der Waals surface area contributed by atoms with Crippen LogP contribution in [0, 0.1) is 0 Å². The Morgan fingerprint density at radius 3 is 2.20 bits per heavy atom. The summed E-state index contributed by atoms with van der Waals surface area (Å²) in [4.78, 5) is 16.1. The van der Waals surface area contributed by atoms with Gasteiger partial charge in [0.05, 0.1) is 5.54 Å². The fourth-order valence-corrected chi connectivity index (χ4v) is 2.31. The van der Waals surface area contributed by atoms with Crippen molar-refractivity contribution in [3.63, 3.8) is 0 Å². The molecule has 0 bridgehead atoms. The smallest absolute Gasteiger partial charge is 0.242 e. The zero-order chi connectivity index (χ0) is 15.3. The normalized spacial score (nSPS) is 13.7. The van der Waals surface area contributed by atoms with Crippen LogP contribution in [0.5, 0.6) is 0 Å². The Hall–Kier alpha value is -1.55. The largest absolute Gasteiger partial charge is 0.378 e. The fourth-order valence-electron chi connectivity index (χ4n) is 2.31. The van der Waals surface area contributed by atoms with E-state index in [1.807, 2.05) is 47.1 Å². The van der Waals surface area contributed by atoms with E-state index >= 15 is 0 Å². The first kappa shape index (κ1) is 16.5. The summed E-state index contributed by atoms with van der Waals surface area (Å²) in [6.45, 7) is 4.44. The van der Waals surface area contributed by atoms with E-state index in [1.165, 1.54) is 0 Å². The van der Waals surface area contributed by atoms with Gasteiger partial charge in [0.25, 0.3) is 0 Å². The van der Waals surface area contributed by atoms with E-state index in [2.05, 4.69) is 17.0 Å². The van der Waals surface area contributed by atoms with E-state index in [0.29, 0.717) is 13.0 Å². The van der Waals surface area contributed by atoms with E-state index in [0.717, 1.165) is 17.7 Å². The molecule has 20 heavy (non-hydrogen) atoms. The maximum Gasteiger partial charge on any atom is 0.242 e. The van der Waals surface area contributed by atoms with Gasteiger partial charge in [0.15, 0.2) is 0 Å². The highest BCUT2D eigenvalue weighted by Crippen LogP contribution is 2.16. The third kappa shape index (κ3) is 4.23. The van der Waals surface area contributed by atoms with Crippen LogP contribution >= 0.6 is 0 Å². The number of rotatable bonds is 6. The number of carbonyl (C=O) groups excluding carboxylic acids is 1. The summed E-state index contributed by atoms with van der Waals surface area (Å²) in [5.74, 6) is -0.00367. The van der Waals surface area contributed by atoms with Crippen LogP contribution in [0.1, 0.15) is 32.3 Å². The lowest BCUT2D eigenvalue weighted by molar-refractivity contribution is -0.135. The molecule has 1 aromatic carbocycles. The second kappa shape index (κ2) is 6.75. The average Bonchev–Trinajstić information content (AvgIpc) is 2.38. The molecule has 112 valence electrons. The molecule has 0 aliphatic rings. The predicted molar refractivity (Wildman–Crippen MR) is 84.7 cm³/mol. The predicted octanol–water partition coefficient (Wildman–Crippen LogP) is 2.23. The van der Waals surface area contributed by atoms with Gasteiger partial charge in [0.2, 0.25) is 5.91 Å². The van der Waals surface area contributed by atoms with Crippen LogP contribution in [0.25, 0.3) is 0 Å². The number of carbonyl (C=O) groups is 1. The molecule has 4 heteroatoms. The zero-order valence-electron chi connectivity index (χ0n) is 13.3. The summed E-state index contributed by atoms with van der Waals surface area (Å²) >= 11 is 0. The highest BCUT2D eigenvalue weighted by molar-refractivity contribution is 5.85. The van der Waals surface area contributed by atoms with Crippen molar-refractivity contribution >= 4 is 11.6 Å². The third-order valence-electron chi connectivity index (χ3n) is 3.48. The first-order valence-corrected chi connectivity index (χ1v) is 7.08. The second-order valence-corrected chi connectivity index (χ2v) is 5.89. The lowest BCUT2D eigenvalue weighted by Crippen LogP contribution is -2.51. The molecular formula is C16H27N3O. The van der Waals surface area contributed by atoms with Crippen molar-refractivity contribution in [1.29, 1.82) is 0 Å². The Labute approximate surface area is 122 Å². The van der Waals surface area contributed by atoms with Crippen LogP contribution in [0.4, 0.5) is 5.69 Å². The van der Waals surface area contributed by atoms with Gasteiger partial charge in [-0.3, -0.25) is 4.79 Å². The number of nitrogens with two attached hydrogens (primary N) is 1. The number of hydrogen-bond donors (Lipinski definition) is 1. The van der Waals surface area contributed by atoms with Gasteiger partial charge in [-0.2, -0.15) is 0 Å². The number of hydrogen-bond acceptors (Lipinski definition) is 3. The molecule has 0 heterocycles. The first-order chi connectivity index (χ1) is 9.27. The maximum absolute atomic E-state index is 12.3. The van der Waals surface area contributed by atoms with Crippen molar-refractivity contribution in [2.75, 3.05) is 26.0 Å². The topological polar surface area (TPSA) is 49.6 Å². The number of likely N-dealkylation sites (N-methyl/N-ethyl adjacent to an activating group) is 1. The number of benzene rings is 1. The molecule has 0 aromatic heterocycles. The summed E-state index contributed by atoms with van der Waals surface area (Å²) in [5.41, 5.74) is 7.58. The summed E-state index contributed by atoms with van der Waals surface area (Å²) in [7, 11) is 5.83. The fraction of sp³-hybridized carbons (Fsp3) is 0.562. The Balaban J connectivity index is 2.70. The van der Waals surface area contributed by atoms with Crippen LogP contribution in [0.15, 0.2) is 24.3 Å². The van der Waals surface area contributed by atoms with E-state index in [-0.39, 0.29) is 5.91 Å². The van der Waals surface area contributed by atoms with E-state index in [9.17, 15) is 4.79 Å². The Bertz CT molecular complexity index is 438. The molecule has 1 unspecified atom stereocenters. The zero-order valence-corrected chi connectivity index (χ0v) is 13.3. The summed E-state index contributed by atoms with van der Waals surface area (Å²) in [5, 5.41) is 0. The van der Waals surface area contributed by atoms with E-state index in [1.54, 1.807) is 4.90 Å². The minimum atomic E-state index is -0.771. The molecule has 0 aliphatic carbocycles. The van der Waals surface area contributed by atoms with Gasteiger partial charge in [0.1, 0.15) is 0 Å². The number of anilines is 1. The maximum atomic E-state index is 12.3. The van der Waals surface area contributed by atoms with Gasteiger partial charge < -0.3 is 15.5 Å². The minimum absolute atomic E-state index is 0.00367. The Morgan fingerprint density at radius 1 is 1.20 bits per heavy atom. The van der Waals surface area contributed by atoms with Gasteiger partial charge in [0, 0.05) is 33.4 Å². The van der Waals surface area contributed by atoms with Crippen molar-refractivity contribution in [2.24, 2.45) is 5.73 Å². The SMILES string of the molecule is CCCC(C)(N)C(=O)N(C)Cc1ccc(N(C)C)cc1. The second-order valence-electron chi connectivity index (χ2n) is 5.89. The van der Waals surface area contributed by atoms with Crippen molar-refractivity contribution in [1.82, 2.24) is 4.90 Å². The molecule has 0 saturated carbocycles. The van der Waals surface area contributed by atoms with E-state index < -0.39 is 5.54 Å². The van der Waals surface area contributed by atoms with Gasteiger partial charge >= 0.3 is 0 Å². The van der Waals surface area contributed by atoms with Gasteiger partial charge in [-0.25, -0.2) is 0 Å². The standard InChI is InChI=1S/C16H27N3O/c1-6-11-16(2,17)15(20)19(5)12-13-7-9-14(10-8-13)18(3)4/h7-10H,6,11-12,17H2,1-5H3. The minimum Gasteiger partial charge on any atom is -0.378 e. The van der Waals surface area contributed by atoms with Crippen LogP contribution in [-0.2, 0) is 11.3 Å². The van der Waals surface area contributed by atoms with Gasteiger partial charge in [-0.15, -0.1) is 0 Å². The summed E-state index contributed by atoms with van der Waals surface area (Å²) < 4.78 is 0. The molecule has 1 amide bonds. The van der Waals surface area contributed by atoms with Crippen molar-refractivity contribution in [3.05, 3.63) is 29.8 Å². The quantitative estimate of drug-likeness (QED) is 0.867. The Kier molecular flexibility index (Phi) is 5.57. The van der Waals surface area contributed by atoms with Crippen molar-refractivity contribution in [2.45, 2.75) is 38.8 Å². The first-order valence-electron chi connectivity index (χ1n) is 7.08. The lowest BCUT2D eigenvalue weighted by Gasteiger charge is -2.29. The van der Waals surface area contributed by atoms with Crippen LogP contribution in [0.2, 0.25) is 0 Å². The van der Waals surface area contributed by atoms with Crippen LogP contribution < -0.4 is 10.6 Å². The summed E-state index contributed by atoms with van der Waals surface area (Å²) in [6.07, 6.45) is 1.61. The highest BCUT2D eigenvalue weighted by atomic mass is 16.2. The van der Waals surface area contributed by atoms with E-state index in [4.69, 9.17) is 5.73 Å². The molecule has 0 saturated heterocycles. The molecule has 4 nitrogen and oxygen atoms in total. The summed E-state index contributed by atoms with van der Waals surface area (Å²) in [6, 6.07) is 8.21. The van der Waals surface area contributed by atoms with Gasteiger partial charge in [-0.1, -0.05) is 25.5 Å². The molecular weight excluding hydrogens is 250 g/mol. The number of nitrogens with zero attached hydrogens (tertiary/aromatic N) is 2. The molecule has 0 aliphatic heterocycles. The van der Waals surface area contributed by atoms with Crippen LogP contribution in [0.3, 0.4) is 0 Å². The van der Waals surface area contributed by atoms with Crippen molar-refractivity contribution < 1.29 is 4.79 Å². The average molecular weight is 277 g/mol. The third-order valence-corrected chi connectivity index (χ3v) is 3.48. The number of amides is 1. The van der Waals surface area contributed by atoms with Gasteiger partial charge in [-0.05, 0) is 31.0 Å².